The van der Waals surface area contributed by atoms with Crippen LogP contribution >= 0.6 is 0 Å². The van der Waals surface area contributed by atoms with Crippen LogP contribution in [0.15, 0.2) is 40.5 Å². The van der Waals surface area contributed by atoms with Crippen molar-refractivity contribution < 1.29 is 29.7 Å². The molecule has 2 aliphatic rings. The van der Waals surface area contributed by atoms with Crippen LogP contribution in [-0.2, 0) is 14.4 Å². The SMILES string of the molecule is CC1=NC2=C(C(=O)C(C(=O)O)C(C)C2)C(c2ccc(O)cc2)C1C(=O)O. The summed E-state index contributed by atoms with van der Waals surface area (Å²) in [5.41, 5.74) is 1.54. The molecule has 0 amide bonds. The maximum absolute atomic E-state index is 13.0. The zero-order valence-electron chi connectivity index (χ0n) is 14.3. The van der Waals surface area contributed by atoms with Crippen LogP contribution in [0.4, 0.5) is 0 Å². The highest BCUT2D eigenvalue weighted by molar-refractivity contribution is 6.13. The summed E-state index contributed by atoms with van der Waals surface area (Å²) in [5, 5.41) is 28.7. The van der Waals surface area contributed by atoms with Gasteiger partial charge in [0.05, 0.1) is 0 Å². The van der Waals surface area contributed by atoms with Crippen molar-refractivity contribution in [2.45, 2.75) is 26.2 Å². The maximum Gasteiger partial charge on any atom is 0.314 e. The topological polar surface area (TPSA) is 124 Å². The van der Waals surface area contributed by atoms with Gasteiger partial charge in [0.15, 0.2) is 5.78 Å². The predicted octanol–water partition coefficient (Wildman–Crippen LogP) is 2.21. The number of nitrogens with zero attached hydrogens (tertiary/aromatic N) is 1. The number of carboxylic acid groups (broad SMARTS) is 2. The lowest BCUT2D eigenvalue weighted by Gasteiger charge is -2.37. The van der Waals surface area contributed by atoms with Gasteiger partial charge in [-0.15, -0.1) is 0 Å². The van der Waals surface area contributed by atoms with Gasteiger partial charge < -0.3 is 15.3 Å². The minimum atomic E-state index is -1.21. The lowest BCUT2D eigenvalue weighted by atomic mass is 9.67. The largest absolute Gasteiger partial charge is 0.508 e. The molecule has 0 radical (unpaired) electrons. The molecule has 1 aliphatic carbocycles. The van der Waals surface area contributed by atoms with E-state index in [1.807, 2.05) is 0 Å². The van der Waals surface area contributed by atoms with E-state index in [1.54, 1.807) is 26.0 Å². The number of ketones is 1. The van der Waals surface area contributed by atoms with E-state index in [-0.39, 0.29) is 11.3 Å². The van der Waals surface area contributed by atoms with Crippen molar-refractivity contribution in [3.05, 3.63) is 41.1 Å². The highest BCUT2D eigenvalue weighted by Crippen LogP contribution is 2.46. The Bertz CT molecular complexity index is 851. The molecule has 4 atom stereocenters. The first-order valence-corrected chi connectivity index (χ1v) is 8.29. The number of carbonyl (C=O) groups excluding carboxylic acids is 1. The highest BCUT2D eigenvalue weighted by Gasteiger charge is 2.48. The molecule has 0 saturated heterocycles. The number of hydrogen-bond donors (Lipinski definition) is 3. The Labute approximate surface area is 149 Å². The van der Waals surface area contributed by atoms with Crippen LogP contribution in [0.25, 0.3) is 0 Å². The van der Waals surface area contributed by atoms with E-state index in [4.69, 9.17) is 0 Å². The van der Waals surface area contributed by atoms with Crippen LogP contribution in [0.5, 0.6) is 5.75 Å². The molecule has 136 valence electrons. The average Bonchev–Trinajstić information content (AvgIpc) is 2.53. The number of phenolic OH excluding ortho intramolecular Hbond substituents is 1. The molecule has 3 rings (SSSR count). The minimum absolute atomic E-state index is 0.0167. The number of aliphatic carboxylic acids is 2. The fraction of sp³-hybridized carbons (Fsp3) is 0.368. The summed E-state index contributed by atoms with van der Waals surface area (Å²) in [6, 6.07) is 5.95. The van der Waals surface area contributed by atoms with Gasteiger partial charge in [-0.25, -0.2) is 0 Å². The molecule has 0 spiro atoms. The standard InChI is InChI=1S/C19H19NO6/c1-8-7-12-16(17(22)13(8)18(23)24)15(10-3-5-11(21)6-4-10)14(19(25)26)9(2)20-12/h3-6,8,13-15,21H,7H2,1-2H3,(H,23,24)(H,25,26). The van der Waals surface area contributed by atoms with Gasteiger partial charge in [-0.05, 0) is 37.0 Å². The molecule has 0 saturated carbocycles. The van der Waals surface area contributed by atoms with E-state index in [0.29, 0.717) is 23.4 Å². The Kier molecular flexibility index (Phi) is 4.39. The number of phenols is 1. The van der Waals surface area contributed by atoms with Crippen molar-refractivity contribution in [1.29, 1.82) is 0 Å². The van der Waals surface area contributed by atoms with E-state index in [1.165, 1.54) is 12.1 Å². The molecule has 7 nitrogen and oxygen atoms in total. The van der Waals surface area contributed by atoms with Gasteiger partial charge in [0.1, 0.15) is 17.6 Å². The Balaban J connectivity index is 2.21. The summed E-state index contributed by atoms with van der Waals surface area (Å²) in [6.45, 7) is 3.29. The average molecular weight is 357 g/mol. The Morgan fingerprint density at radius 2 is 1.65 bits per heavy atom. The first-order valence-electron chi connectivity index (χ1n) is 8.29. The summed E-state index contributed by atoms with van der Waals surface area (Å²) in [7, 11) is 0. The number of Topliss-reactive ketones (excluding diaryl/α,β-unsaturated/α-hetero) is 1. The molecule has 1 aliphatic heterocycles. The maximum atomic E-state index is 13.0. The van der Waals surface area contributed by atoms with Crippen LogP contribution in [0, 0.1) is 17.8 Å². The van der Waals surface area contributed by atoms with Gasteiger partial charge >= 0.3 is 11.9 Å². The van der Waals surface area contributed by atoms with Gasteiger partial charge in [-0.1, -0.05) is 19.1 Å². The minimum Gasteiger partial charge on any atom is -0.508 e. The molecule has 1 aromatic carbocycles. The number of carbonyl (C=O) groups is 3. The number of aromatic hydroxyl groups is 1. The van der Waals surface area contributed by atoms with E-state index in [2.05, 4.69) is 4.99 Å². The van der Waals surface area contributed by atoms with E-state index >= 15 is 0 Å². The van der Waals surface area contributed by atoms with Gasteiger partial charge in [-0.2, -0.15) is 0 Å². The smallest absolute Gasteiger partial charge is 0.314 e. The Morgan fingerprint density at radius 3 is 2.19 bits per heavy atom. The second-order valence-electron chi connectivity index (χ2n) is 6.86. The molecular formula is C19H19NO6. The second-order valence-corrected chi connectivity index (χ2v) is 6.86. The summed E-state index contributed by atoms with van der Waals surface area (Å²) in [6.07, 6.45) is 0.302. The number of rotatable bonds is 3. The molecule has 1 aromatic rings. The van der Waals surface area contributed by atoms with Gasteiger partial charge in [-0.3, -0.25) is 19.4 Å². The van der Waals surface area contributed by atoms with Crippen molar-refractivity contribution in [3.63, 3.8) is 0 Å². The number of carboxylic acids is 2. The molecule has 0 fully saturated rings. The summed E-state index contributed by atoms with van der Waals surface area (Å²) in [5.74, 6) is -6.43. The van der Waals surface area contributed by atoms with Crippen LogP contribution in [-0.4, -0.2) is 38.8 Å². The first kappa shape index (κ1) is 17.8. The van der Waals surface area contributed by atoms with E-state index < -0.39 is 41.4 Å². The van der Waals surface area contributed by atoms with E-state index in [0.717, 1.165) is 0 Å². The van der Waals surface area contributed by atoms with Gasteiger partial charge in [0.2, 0.25) is 0 Å². The number of aliphatic imine (C=N–C) groups is 1. The van der Waals surface area contributed by atoms with Crippen molar-refractivity contribution in [2.24, 2.45) is 22.7 Å². The third-order valence-electron chi connectivity index (χ3n) is 5.13. The Morgan fingerprint density at radius 1 is 1.08 bits per heavy atom. The lowest BCUT2D eigenvalue weighted by molar-refractivity contribution is -0.147. The molecule has 26 heavy (non-hydrogen) atoms. The van der Waals surface area contributed by atoms with Crippen LogP contribution in [0.2, 0.25) is 0 Å². The molecule has 7 heteroatoms. The number of hydrogen-bond acceptors (Lipinski definition) is 5. The van der Waals surface area contributed by atoms with Crippen LogP contribution in [0.1, 0.15) is 31.7 Å². The number of allylic oxidation sites excluding steroid dienone is 2. The van der Waals surface area contributed by atoms with Crippen LogP contribution < -0.4 is 0 Å². The molecule has 0 aromatic heterocycles. The van der Waals surface area contributed by atoms with Crippen molar-refractivity contribution in [3.8, 4) is 5.75 Å². The third-order valence-corrected chi connectivity index (χ3v) is 5.13. The van der Waals surface area contributed by atoms with Gasteiger partial charge in [0, 0.05) is 22.9 Å². The van der Waals surface area contributed by atoms with Crippen molar-refractivity contribution in [2.75, 3.05) is 0 Å². The van der Waals surface area contributed by atoms with Crippen molar-refractivity contribution >= 4 is 23.4 Å². The van der Waals surface area contributed by atoms with E-state index in [9.17, 15) is 29.7 Å². The molecular weight excluding hydrogens is 338 g/mol. The van der Waals surface area contributed by atoms with Crippen LogP contribution in [0.3, 0.4) is 0 Å². The first-order chi connectivity index (χ1) is 12.2. The summed E-state index contributed by atoms with van der Waals surface area (Å²) < 4.78 is 0. The summed E-state index contributed by atoms with van der Waals surface area (Å²) >= 11 is 0. The fourth-order valence-electron chi connectivity index (χ4n) is 3.95. The van der Waals surface area contributed by atoms with Crippen molar-refractivity contribution in [1.82, 2.24) is 0 Å². The molecule has 4 unspecified atom stereocenters. The monoisotopic (exact) mass is 357 g/mol. The molecule has 3 N–H and O–H groups in total. The second kappa shape index (κ2) is 6.40. The quantitative estimate of drug-likeness (QED) is 0.713. The normalized spacial score (nSPS) is 28.4. The Hall–Kier alpha value is -2.96. The highest BCUT2D eigenvalue weighted by atomic mass is 16.4. The zero-order chi connectivity index (χ0) is 19.2. The molecule has 0 bridgehead atoms. The third kappa shape index (κ3) is 2.79. The van der Waals surface area contributed by atoms with Gasteiger partial charge in [0.25, 0.3) is 0 Å². The fourth-order valence-corrected chi connectivity index (χ4v) is 3.95. The molecule has 1 heterocycles. The predicted molar refractivity (Wildman–Crippen MR) is 92.0 cm³/mol. The zero-order valence-corrected chi connectivity index (χ0v) is 14.3. The lowest BCUT2D eigenvalue weighted by Crippen LogP contribution is -2.42. The number of benzene rings is 1. The summed E-state index contributed by atoms with van der Waals surface area (Å²) in [4.78, 5) is 40.8.